The van der Waals surface area contributed by atoms with Crippen LogP contribution in [0.5, 0.6) is 0 Å². The minimum absolute atomic E-state index is 0. The van der Waals surface area contributed by atoms with Crippen LogP contribution in [-0.2, 0) is 4.79 Å². The average Bonchev–Trinajstić information content (AvgIpc) is 2.87. The van der Waals surface area contributed by atoms with E-state index in [4.69, 9.17) is 5.73 Å². The lowest BCUT2D eigenvalue weighted by atomic mass is 9.83. The maximum atomic E-state index is 12.5. The first-order valence-corrected chi connectivity index (χ1v) is 7.73. The molecule has 0 aromatic heterocycles. The van der Waals surface area contributed by atoms with Crippen LogP contribution in [0.2, 0.25) is 0 Å². The molecule has 1 heterocycles. The van der Waals surface area contributed by atoms with E-state index in [-0.39, 0.29) is 18.3 Å². The molecule has 0 spiro atoms. The summed E-state index contributed by atoms with van der Waals surface area (Å²) in [6.07, 6.45) is 10.1. The molecule has 1 aliphatic carbocycles. The quantitative estimate of drug-likeness (QED) is 0.864. The van der Waals surface area contributed by atoms with E-state index in [9.17, 15) is 4.79 Å². The Morgan fingerprint density at radius 2 is 1.89 bits per heavy atom. The fourth-order valence-electron chi connectivity index (χ4n) is 3.68. The van der Waals surface area contributed by atoms with Gasteiger partial charge in [-0.25, -0.2) is 0 Å². The van der Waals surface area contributed by atoms with E-state index in [0.717, 1.165) is 31.7 Å². The van der Waals surface area contributed by atoms with Gasteiger partial charge in [-0.05, 0) is 25.2 Å². The van der Waals surface area contributed by atoms with Gasteiger partial charge in [0.25, 0.3) is 0 Å². The zero-order valence-corrected chi connectivity index (χ0v) is 13.0. The van der Waals surface area contributed by atoms with Crippen molar-refractivity contribution in [2.75, 3.05) is 13.1 Å². The zero-order valence-electron chi connectivity index (χ0n) is 12.1. The number of hydrogen-bond acceptors (Lipinski definition) is 2. The molecule has 4 heteroatoms. The van der Waals surface area contributed by atoms with Gasteiger partial charge in [0.1, 0.15) is 0 Å². The summed E-state index contributed by atoms with van der Waals surface area (Å²) in [5.41, 5.74) is 5.75. The van der Waals surface area contributed by atoms with Crippen LogP contribution in [0.4, 0.5) is 0 Å². The van der Waals surface area contributed by atoms with Crippen LogP contribution in [0.25, 0.3) is 0 Å². The van der Waals surface area contributed by atoms with Crippen molar-refractivity contribution in [2.45, 2.75) is 64.3 Å². The third-order valence-corrected chi connectivity index (χ3v) is 4.77. The van der Waals surface area contributed by atoms with Crippen molar-refractivity contribution >= 4 is 18.3 Å². The Hall–Kier alpha value is -0.280. The molecule has 0 aromatic rings. The van der Waals surface area contributed by atoms with Gasteiger partial charge in [0.05, 0.1) is 0 Å². The first-order valence-electron chi connectivity index (χ1n) is 7.73. The van der Waals surface area contributed by atoms with Crippen LogP contribution in [0, 0.1) is 11.8 Å². The molecule has 1 saturated heterocycles. The highest BCUT2D eigenvalue weighted by Gasteiger charge is 2.31. The number of carbonyl (C=O) groups is 1. The molecule has 0 aromatic carbocycles. The van der Waals surface area contributed by atoms with Gasteiger partial charge in [-0.15, -0.1) is 12.4 Å². The second-order valence-electron chi connectivity index (χ2n) is 6.20. The van der Waals surface area contributed by atoms with E-state index in [2.05, 4.69) is 6.92 Å². The Labute approximate surface area is 123 Å². The number of likely N-dealkylation sites (tertiary alicyclic amines) is 1. The molecule has 2 aliphatic rings. The van der Waals surface area contributed by atoms with Gasteiger partial charge in [0.2, 0.25) is 5.91 Å². The molecule has 1 aliphatic heterocycles. The predicted octanol–water partition coefficient (Wildman–Crippen LogP) is 2.96. The fraction of sp³-hybridized carbons (Fsp3) is 0.933. The van der Waals surface area contributed by atoms with E-state index in [1.54, 1.807) is 0 Å². The summed E-state index contributed by atoms with van der Waals surface area (Å²) < 4.78 is 0. The summed E-state index contributed by atoms with van der Waals surface area (Å²) in [6, 6.07) is 0.311. The lowest BCUT2D eigenvalue weighted by Crippen LogP contribution is -2.42. The van der Waals surface area contributed by atoms with E-state index in [1.165, 1.54) is 32.1 Å². The molecule has 1 saturated carbocycles. The van der Waals surface area contributed by atoms with Gasteiger partial charge in [-0.3, -0.25) is 4.79 Å². The van der Waals surface area contributed by atoms with Crippen molar-refractivity contribution in [1.29, 1.82) is 0 Å². The van der Waals surface area contributed by atoms with Crippen molar-refractivity contribution in [3.8, 4) is 0 Å². The molecule has 2 N–H and O–H groups in total. The van der Waals surface area contributed by atoms with E-state index in [0.29, 0.717) is 18.5 Å². The third kappa shape index (κ3) is 4.35. The number of nitrogens with two attached hydrogens (primary N) is 1. The van der Waals surface area contributed by atoms with Crippen molar-refractivity contribution in [2.24, 2.45) is 17.6 Å². The minimum Gasteiger partial charge on any atom is -0.338 e. The summed E-state index contributed by atoms with van der Waals surface area (Å²) in [6.45, 7) is 3.67. The molecule has 2 atom stereocenters. The molecule has 2 fully saturated rings. The van der Waals surface area contributed by atoms with Crippen LogP contribution in [0.15, 0.2) is 0 Å². The topological polar surface area (TPSA) is 46.3 Å². The van der Waals surface area contributed by atoms with Gasteiger partial charge >= 0.3 is 0 Å². The largest absolute Gasteiger partial charge is 0.338 e. The summed E-state index contributed by atoms with van der Waals surface area (Å²) in [5, 5.41) is 0. The highest BCUT2D eigenvalue weighted by Crippen LogP contribution is 2.30. The van der Waals surface area contributed by atoms with Crippen molar-refractivity contribution < 1.29 is 4.79 Å². The zero-order chi connectivity index (χ0) is 13.0. The van der Waals surface area contributed by atoms with Crippen LogP contribution >= 0.6 is 12.4 Å². The van der Waals surface area contributed by atoms with Crippen molar-refractivity contribution in [3.63, 3.8) is 0 Å². The number of carbonyl (C=O) groups excluding carboxylic acids is 1. The molecule has 112 valence electrons. The van der Waals surface area contributed by atoms with E-state index >= 15 is 0 Å². The Bertz CT molecular complexity index is 279. The highest BCUT2D eigenvalue weighted by atomic mass is 35.5. The standard InChI is InChI=1S/C15H28N2O.ClH/c1-12(10-13-6-3-2-4-7-13)15(18)17-9-5-8-14(17)11-16;/h12-14H,2-11,16H2,1H3;1H. The van der Waals surface area contributed by atoms with E-state index in [1.807, 2.05) is 4.90 Å². The monoisotopic (exact) mass is 288 g/mol. The number of nitrogens with zero attached hydrogens (tertiary/aromatic N) is 1. The Morgan fingerprint density at radius 3 is 2.53 bits per heavy atom. The molecule has 0 radical (unpaired) electrons. The lowest BCUT2D eigenvalue weighted by Gasteiger charge is -2.29. The number of rotatable bonds is 4. The molecular weight excluding hydrogens is 260 g/mol. The summed E-state index contributed by atoms with van der Waals surface area (Å²) in [4.78, 5) is 14.5. The minimum atomic E-state index is 0. The molecular formula is C15H29ClN2O. The Morgan fingerprint density at radius 1 is 1.21 bits per heavy atom. The van der Waals surface area contributed by atoms with Crippen LogP contribution in [0.1, 0.15) is 58.3 Å². The second kappa shape index (κ2) is 8.11. The Kier molecular flexibility index (Phi) is 7.16. The molecule has 2 rings (SSSR count). The number of hydrogen-bond donors (Lipinski definition) is 1. The van der Waals surface area contributed by atoms with Crippen LogP contribution < -0.4 is 5.73 Å². The third-order valence-electron chi connectivity index (χ3n) is 4.77. The second-order valence-corrected chi connectivity index (χ2v) is 6.20. The summed E-state index contributed by atoms with van der Waals surface area (Å²) in [7, 11) is 0. The predicted molar refractivity (Wildman–Crippen MR) is 81.4 cm³/mol. The number of amides is 1. The molecule has 1 amide bonds. The van der Waals surface area contributed by atoms with Gasteiger partial charge < -0.3 is 10.6 Å². The highest BCUT2D eigenvalue weighted by molar-refractivity contribution is 5.85. The molecule has 0 bridgehead atoms. The van der Waals surface area contributed by atoms with Gasteiger partial charge in [-0.2, -0.15) is 0 Å². The fourth-order valence-corrected chi connectivity index (χ4v) is 3.68. The van der Waals surface area contributed by atoms with Crippen molar-refractivity contribution in [3.05, 3.63) is 0 Å². The summed E-state index contributed by atoms with van der Waals surface area (Å²) >= 11 is 0. The van der Waals surface area contributed by atoms with Gasteiger partial charge in [0, 0.05) is 25.0 Å². The van der Waals surface area contributed by atoms with Gasteiger partial charge in [-0.1, -0.05) is 39.0 Å². The normalized spacial score (nSPS) is 26.0. The first kappa shape index (κ1) is 16.8. The van der Waals surface area contributed by atoms with Crippen LogP contribution in [-0.4, -0.2) is 29.9 Å². The SMILES string of the molecule is CC(CC1CCCCC1)C(=O)N1CCCC1CN.Cl. The van der Waals surface area contributed by atoms with Crippen LogP contribution in [0.3, 0.4) is 0 Å². The molecule has 19 heavy (non-hydrogen) atoms. The van der Waals surface area contributed by atoms with Crippen molar-refractivity contribution in [1.82, 2.24) is 4.90 Å². The van der Waals surface area contributed by atoms with Gasteiger partial charge in [0.15, 0.2) is 0 Å². The van der Waals surface area contributed by atoms with E-state index < -0.39 is 0 Å². The maximum absolute atomic E-state index is 12.5. The maximum Gasteiger partial charge on any atom is 0.225 e. The lowest BCUT2D eigenvalue weighted by molar-refractivity contribution is -0.136. The number of halogens is 1. The first-order chi connectivity index (χ1) is 8.72. The molecule has 2 unspecified atom stereocenters. The smallest absolute Gasteiger partial charge is 0.225 e. The molecule has 3 nitrogen and oxygen atoms in total. The Balaban J connectivity index is 0.00000180. The summed E-state index contributed by atoms with van der Waals surface area (Å²) in [5.74, 6) is 1.34. The average molecular weight is 289 g/mol.